The molecule has 3 heterocycles. The molecule has 19 nitrogen and oxygen atoms in total. The lowest BCUT2D eigenvalue weighted by atomic mass is 9.97. The number of aromatic nitrogens is 9. The molecule has 7 rings (SSSR count). The lowest BCUT2D eigenvalue weighted by Crippen LogP contribution is -2.21. The molecule has 0 aliphatic heterocycles. The van der Waals surface area contributed by atoms with E-state index in [-0.39, 0.29) is 33.0 Å². The van der Waals surface area contributed by atoms with Gasteiger partial charge in [-0.1, -0.05) is 88.3 Å². The van der Waals surface area contributed by atoms with Crippen molar-refractivity contribution in [1.82, 2.24) is 44.9 Å². The maximum atomic E-state index is 5.64. The molecule has 4 aromatic carbocycles. The molecule has 3 aromatic heterocycles. The molecular weight excluding hydrogens is 1060 g/mol. The van der Waals surface area contributed by atoms with Crippen molar-refractivity contribution in [3.63, 3.8) is 0 Å². The summed E-state index contributed by atoms with van der Waals surface area (Å²) in [5.74, 6) is 3.05. The Kier molecular flexibility index (Phi) is 30.4. The maximum absolute atomic E-state index is 5.64. The van der Waals surface area contributed by atoms with Crippen LogP contribution in [0.1, 0.15) is 88.5 Å². The maximum Gasteiger partial charge on any atom is 0.227 e. The highest BCUT2D eigenvalue weighted by molar-refractivity contribution is 6.33. The van der Waals surface area contributed by atoms with Crippen LogP contribution in [-0.2, 0) is 0 Å². The normalized spacial score (nSPS) is 10.6. The summed E-state index contributed by atoms with van der Waals surface area (Å²) in [5, 5.41) is 20.4. The lowest BCUT2D eigenvalue weighted by molar-refractivity contribution is 0.438. The van der Waals surface area contributed by atoms with E-state index in [1.165, 1.54) is 43.2 Å². The number of nitrogens with zero attached hydrogens (tertiary/aromatic N) is 15. The average molecular weight is 1130 g/mol. The van der Waals surface area contributed by atoms with E-state index in [1.807, 2.05) is 84.9 Å². The highest BCUT2D eigenvalue weighted by atomic mass is 35.5. The van der Waals surface area contributed by atoms with Crippen LogP contribution in [0, 0.1) is 33.6 Å². The van der Waals surface area contributed by atoms with Crippen molar-refractivity contribution >= 4 is 98.4 Å². The Labute approximate surface area is 474 Å². The molecule has 23 heteroatoms. The van der Waals surface area contributed by atoms with Gasteiger partial charge in [-0.25, -0.2) is 4.98 Å². The van der Waals surface area contributed by atoms with Crippen LogP contribution in [0.2, 0.25) is 21.1 Å². The van der Waals surface area contributed by atoms with E-state index in [1.54, 1.807) is 13.8 Å². The van der Waals surface area contributed by atoms with Gasteiger partial charge in [-0.15, -0.1) is 0 Å². The predicted octanol–water partition coefficient (Wildman–Crippen LogP) is 14.5. The molecule has 412 valence electrons. The van der Waals surface area contributed by atoms with Gasteiger partial charge in [0.1, 0.15) is 11.6 Å². The number of nitrogen functional groups attached to an aromatic ring is 2. The number of halogens is 4. The molecule has 0 unspecified atom stereocenters. The second-order valence-corrected chi connectivity index (χ2v) is 18.8. The molecule has 0 saturated heterocycles. The Morgan fingerprint density at radius 1 is 0.481 bits per heavy atom. The van der Waals surface area contributed by atoms with E-state index >= 15 is 0 Å². The molecule has 0 radical (unpaired) electrons. The van der Waals surface area contributed by atoms with Crippen LogP contribution in [0.25, 0.3) is 0 Å². The van der Waals surface area contributed by atoms with Crippen molar-refractivity contribution < 1.29 is 0 Å². The summed E-state index contributed by atoms with van der Waals surface area (Å²) >= 11 is 21.4. The van der Waals surface area contributed by atoms with E-state index in [9.17, 15) is 0 Å². The van der Waals surface area contributed by atoms with Gasteiger partial charge in [0.15, 0.2) is 0 Å². The summed E-state index contributed by atoms with van der Waals surface area (Å²) in [7, 11) is 4.13. The molecule has 77 heavy (non-hydrogen) atoms. The number of azo groups is 2. The Morgan fingerprint density at radius 2 is 0.857 bits per heavy atom. The van der Waals surface area contributed by atoms with Crippen molar-refractivity contribution in [3.05, 3.63) is 141 Å². The minimum atomic E-state index is 0.000000000000000444. The molecule has 0 bridgehead atoms. The SMILES string of the molecule is CCCCC(CC)CC.Cc1ccc(N=Nc2ccc(N(C)CCCN)cc2)cc1.Cc1ccc(N=Nc2ccc(N(C)CCCNc3nc(C)nc(N)n3)cc2)cc1.Cc1nc(N)nc(Cl)n1.Clc1nc(Cl)nc(Cl)n1. The van der Waals surface area contributed by atoms with E-state index in [2.05, 4.69) is 141 Å². The fourth-order valence-electron chi connectivity index (χ4n) is 6.65. The largest absolute Gasteiger partial charge is 0.375 e. The Hall–Kier alpha value is -6.77. The quantitative estimate of drug-likeness (QED) is 0.0433. The van der Waals surface area contributed by atoms with Crippen LogP contribution in [0.5, 0.6) is 0 Å². The van der Waals surface area contributed by atoms with Crippen molar-refractivity contribution in [2.45, 2.75) is 93.4 Å². The average Bonchev–Trinajstić information content (AvgIpc) is 3.39. The molecule has 0 spiro atoms. The molecule has 0 amide bonds. The number of aryl methyl sites for hydroxylation is 4. The third-order valence-corrected chi connectivity index (χ3v) is 11.7. The molecule has 0 atom stereocenters. The van der Waals surface area contributed by atoms with Gasteiger partial charge in [-0.3, -0.25) is 0 Å². The minimum absolute atomic E-state index is 0.000000000000000444. The second-order valence-electron chi connectivity index (χ2n) is 17.4. The monoisotopic (exact) mass is 1130 g/mol. The summed E-state index contributed by atoms with van der Waals surface area (Å²) in [6.07, 6.45) is 8.89. The van der Waals surface area contributed by atoms with E-state index < -0.39 is 0 Å². The number of nitrogens with one attached hydrogen (secondary N) is 1. The Morgan fingerprint density at radius 3 is 1.22 bits per heavy atom. The molecule has 7 N–H and O–H groups in total. The molecule has 0 fully saturated rings. The fraction of sp³-hybridized carbons (Fsp3) is 0.389. The number of unbranched alkanes of at least 4 members (excludes halogenated alkanes) is 1. The van der Waals surface area contributed by atoms with Crippen LogP contribution >= 0.6 is 46.4 Å². The topological polar surface area (TPSA) is 262 Å². The van der Waals surface area contributed by atoms with Gasteiger partial charge >= 0.3 is 0 Å². The minimum Gasteiger partial charge on any atom is -0.375 e. The molecule has 7 aromatic rings. The van der Waals surface area contributed by atoms with Gasteiger partial charge in [0, 0.05) is 45.1 Å². The van der Waals surface area contributed by atoms with Gasteiger partial charge in [-0.05, 0) is 172 Å². The van der Waals surface area contributed by atoms with Crippen LogP contribution in [0.4, 0.5) is 52.0 Å². The summed E-state index contributed by atoms with van der Waals surface area (Å²) in [5.41, 5.74) is 24.5. The van der Waals surface area contributed by atoms with Crippen LogP contribution in [0.15, 0.2) is 118 Å². The number of nitrogens with two attached hydrogens (primary N) is 3. The Bertz CT molecular complexity index is 2630. The van der Waals surface area contributed by atoms with Crippen LogP contribution in [0.3, 0.4) is 0 Å². The first kappa shape index (κ1) is 64.5. The first-order chi connectivity index (χ1) is 36.9. The number of anilines is 5. The van der Waals surface area contributed by atoms with Gasteiger partial charge < -0.3 is 32.3 Å². The number of rotatable bonds is 19. The second kappa shape index (κ2) is 36.3. The smallest absolute Gasteiger partial charge is 0.227 e. The molecule has 0 aliphatic carbocycles. The number of hydrogen-bond donors (Lipinski definition) is 4. The van der Waals surface area contributed by atoms with Gasteiger partial charge in [0.2, 0.25) is 39.0 Å². The highest BCUT2D eigenvalue weighted by Gasteiger charge is 2.05. The fourth-order valence-corrected chi connectivity index (χ4v) is 7.47. The van der Waals surface area contributed by atoms with Crippen molar-refractivity contribution in [1.29, 1.82) is 0 Å². The van der Waals surface area contributed by atoms with Gasteiger partial charge in [0.25, 0.3) is 0 Å². The highest BCUT2D eigenvalue weighted by Crippen LogP contribution is 2.24. The predicted molar refractivity (Wildman–Crippen MR) is 318 cm³/mol. The van der Waals surface area contributed by atoms with Gasteiger partial charge in [-0.2, -0.15) is 60.3 Å². The number of benzene rings is 4. The molecule has 0 aliphatic rings. The van der Waals surface area contributed by atoms with E-state index in [4.69, 9.17) is 63.6 Å². The van der Waals surface area contributed by atoms with Crippen LogP contribution in [-0.4, -0.2) is 85.1 Å². The lowest BCUT2D eigenvalue weighted by Gasteiger charge is -2.19. The first-order valence-electron chi connectivity index (χ1n) is 25.3. The van der Waals surface area contributed by atoms with Crippen molar-refractivity contribution in [3.8, 4) is 0 Å². The first-order valence-corrected chi connectivity index (χ1v) is 26.8. The van der Waals surface area contributed by atoms with E-state index in [0.717, 1.165) is 72.5 Å². The van der Waals surface area contributed by atoms with Gasteiger partial charge in [0.05, 0.1) is 22.7 Å². The van der Waals surface area contributed by atoms with Crippen LogP contribution < -0.4 is 32.3 Å². The summed E-state index contributed by atoms with van der Waals surface area (Å²) in [4.78, 5) is 38.0. The number of hydrogen-bond acceptors (Lipinski definition) is 19. The zero-order valence-electron chi connectivity index (χ0n) is 45.5. The molecule has 0 saturated carbocycles. The molecular formula is C54H73Cl4N19. The summed E-state index contributed by atoms with van der Waals surface area (Å²) < 4.78 is 0. The zero-order chi connectivity index (χ0) is 56.5. The summed E-state index contributed by atoms with van der Waals surface area (Å²) in [6, 6.07) is 32.1. The van der Waals surface area contributed by atoms with E-state index in [0.29, 0.717) is 24.1 Å². The Balaban J connectivity index is 0.000000281. The standard InChI is InChI=1S/C21H26N8.C17H22N4.C9H20.C4H5ClN4.C3Cl3N3/c1-15-5-7-17(8-6-15)27-28-18-9-11-19(12-10-18)29(3)14-4-13-23-21-25-16(2)24-20(22)26-21;1-14-4-6-15(7-5-14)19-20-16-8-10-17(11-9-16)21(2)13-3-12-18;1-4-7-8-9(5-2)6-3;1-2-7-3(5)9-4(6)8-2;4-1-7-2(5)9-3(6)8-1/h5-12H,4,13-14H2,1-3H3,(H3,22,23,24,25,26);4-11H,3,12-13,18H2,1-2H3;9H,4-8H2,1-3H3;1H3,(H2,6,7,8,9);. The third kappa shape index (κ3) is 27.7. The van der Waals surface area contributed by atoms with Crippen molar-refractivity contribution in [2.24, 2.45) is 32.1 Å². The zero-order valence-corrected chi connectivity index (χ0v) is 48.6. The van der Waals surface area contributed by atoms with Crippen molar-refractivity contribution in [2.75, 3.05) is 66.9 Å². The summed E-state index contributed by atoms with van der Waals surface area (Å²) in [6.45, 7) is 17.8. The third-order valence-electron chi connectivity index (χ3n) is 11.0.